The molecule has 9 nitrogen and oxygen atoms in total. The minimum atomic E-state index is -0.580. The summed E-state index contributed by atoms with van der Waals surface area (Å²) in [5.41, 5.74) is 1.09. The first kappa shape index (κ1) is 28.4. The maximum Gasteiger partial charge on any atom is 0.325 e. The molecule has 0 saturated carbocycles. The summed E-state index contributed by atoms with van der Waals surface area (Å²) < 4.78 is 23.9. The molecule has 0 aliphatic rings. The molecule has 0 fully saturated rings. The van der Waals surface area contributed by atoms with E-state index in [2.05, 4.69) is 5.32 Å². The Hall–Kier alpha value is -4.21. The minimum Gasteiger partial charge on any atom is -0.465 e. The Morgan fingerprint density at radius 3 is 2.45 bits per heavy atom. The highest BCUT2D eigenvalue weighted by molar-refractivity contribution is 5.86. The van der Waals surface area contributed by atoms with Crippen molar-refractivity contribution in [2.24, 2.45) is 0 Å². The summed E-state index contributed by atoms with van der Waals surface area (Å²) in [6, 6.07) is 11.9. The molecule has 3 aromatic rings. The predicted molar refractivity (Wildman–Crippen MR) is 140 cm³/mol. The number of carbonyl (C=O) groups excluding carboxylic acids is 3. The van der Waals surface area contributed by atoms with Gasteiger partial charge in [-0.05, 0) is 43.2 Å². The molecule has 0 unspecified atom stereocenters. The fourth-order valence-corrected chi connectivity index (χ4v) is 3.81. The van der Waals surface area contributed by atoms with Crippen LogP contribution in [0.25, 0.3) is 11.0 Å². The van der Waals surface area contributed by atoms with Crippen LogP contribution in [0.3, 0.4) is 0 Å². The number of para-hydroxylation sites is 1. The quantitative estimate of drug-likeness (QED) is 0.360. The number of esters is 1. The van der Waals surface area contributed by atoms with Crippen molar-refractivity contribution in [3.63, 3.8) is 0 Å². The molecule has 1 N–H and O–H groups in total. The highest BCUT2D eigenvalue weighted by atomic mass is 19.1. The number of hydrogen-bond acceptors (Lipinski definition) is 6. The summed E-state index contributed by atoms with van der Waals surface area (Å²) in [6.45, 7) is 3.50. The molecule has 0 aliphatic carbocycles. The SMILES string of the molecule is CCCCN(CC(=O)N(Cc1ccc(F)cc1)Cc1coc2ccccc2c1=O)C(=O)NCC(=O)OCC. The van der Waals surface area contributed by atoms with E-state index in [1.165, 1.54) is 28.2 Å². The summed E-state index contributed by atoms with van der Waals surface area (Å²) in [5.74, 6) is -1.42. The highest BCUT2D eigenvalue weighted by Gasteiger charge is 2.23. The molecule has 3 rings (SSSR count). The van der Waals surface area contributed by atoms with E-state index < -0.39 is 23.7 Å². The van der Waals surface area contributed by atoms with Crippen LogP contribution in [0.5, 0.6) is 0 Å². The molecule has 3 amide bonds. The first-order valence-corrected chi connectivity index (χ1v) is 12.5. The Morgan fingerprint density at radius 2 is 1.74 bits per heavy atom. The topological polar surface area (TPSA) is 109 Å². The summed E-state index contributed by atoms with van der Waals surface area (Å²) >= 11 is 0. The molecule has 38 heavy (non-hydrogen) atoms. The number of amides is 3. The Morgan fingerprint density at radius 1 is 1.00 bits per heavy atom. The Balaban J connectivity index is 1.84. The third kappa shape index (κ3) is 7.89. The van der Waals surface area contributed by atoms with Gasteiger partial charge in [-0.15, -0.1) is 0 Å². The third-order valence-corrected chi connectivity index (χ3v) is 5.84. The van der Waals surface area contributed by atoms with Gasteiger partial charge in [-0.3, -0.25) is 14.4 Å². The first-order valence-electron chi connectivity index (χ1n) is 12.5. The molecule has 0 atom stereocenters. The normalized spacial score (nSPS) is 10.7. The van der Waals surface area contributed by atoms with Crippen LogP contribution in [0.2, 0.25) is 0 Å². The lowest BCUT2D eigenvalue weighted by Gasteiger charge is -2.28. The van der Waals surface area contributed by atoms with Gasteiger partial charge in [-0.2, -0.15) is 0 Å². The molecule has 0 bridgehead atoms. The number of hydrogen-bond donors (Lipinski definition) is 1. The molecule has 2 aromatic carbocycles. The van der Waals surface area contributed by atoms with E-state index in [0.29, 0.717) is 29.5 Å². The van der Waals surface area contributed by atoms with E-state index in [-0.39, 0.29) is 43.8 Å². The van der Waals surface area contributed by atoms with Gasteiger partial charge in [-0.25, -0.2) is 9.18 Å². The van der Waals surface area contributed by atoms with Gasteiger partial charge < -0.3 is 24.3 Å². The predicted octanol–water partition coefficient (Wildman–Crippen LogP) is 3.84. The second kappa shape index (κ2) is 13.9. The second-order valence-electron chi connectivity index (χ2n) is 8.70. The number of rotatable bonds is 12. The third-order valence-electron chi connectivity index (χ3n) is 5.84. The van der Waals surface area contributed by atoms with Crippen LogP contribution in [0, 0.1) is 5.82 Å². The van der Waals surface area contributed by atoms with Crippen LogP contribution >= 0.6 is 0 Å². The van der Waals surface area contributed by atoms with Crippen molar-refractivity contribution in [1.82, 2.24) is 15.1 Å². The number of nitrogens with zero attached hydrogens (tertiary/aromatic N) is 2. The summed E-state index contributed by atoms with van der Waals surface area (Å²) in [7, 11) is 0. The first-order chi connectivity index (χ1) is 18.3. The summed E-state index contributed by atoms with van der Waals surface area (Å²) in [5, 5.41) is 2.88. The van der Waals surface area contributed by atoms with Gasteiger partial charge in [0.15, 0.2) is 5.43 Å². The summed E-state index contributed by atoms with van der Waals surface area (Å²) in [4.78, 5) is 53.8. The Bertz CT molecular complexity index is 1310. The molecule has 0 spiro atoms. The van der Waals surface area contributed by atoms with Crippen LogP contribution in [-0.4, -0.2) is 53.9 Å². The van der Waals surface area contributed by atoms with Gasteiger partial charge in [0, 0.05) is 13.1 Å². The zero-order valence-corrected chi connectivity index (χ0v) is 21.6. The average Bonchev–Trinajstić information content (AvgIpc) is 2.92. The van der Waals surface area contributed by atoms with E-state index >= 15 is 0 Å². The van der Waals surface area contributed by atoms with Gasteiger partial charge in [-0.1, -0.05) is 37.6 Å². The molecule has 0 radical (unpaired) electrons. The van der Waals surface area contributed by atoms with Crippen LogP contribution in [-0.2, 0) is 27.4 Å². The Kier molecular flexibility index (Phi) is 10.4. The lowest BCUT2D eigenvalue weighted by molar-refractivity contribution is -0.141. The molecular weight excluding hydrogens is 493 g/mol. The van der Waals surface area contributed by atoms with Gasteiger partial charge in [0.05, 0.1) is 30.4 Å². The second-order valence-corrected chi connectivity index (χ2v) is 8.70. The van der Waals surface area contributed by atoms with Gasteiger partial charge in [0.25, 0.3) is 0 Å². The number of unbranched alkanes of at least 4 members (excludes halogenated alkanes) is 1. The monoisotopic (exact) mass is 525 g/mol. The number of nitrogens with one attached hydrogen (secondary N) is 1. The lowest BCUT2D eigenvalue weighted by atomic mass is 10.1. The number of ether oxygens (including phenoxy) is 1. The zero-order chi connectivity index (χ0) is 27.5. The van der Waals surface area contributed by atoms with Crippen LogP contribution in [0.1, 0.15) is 37.8 Å². The number of halogens is 1. The highest BCUT2D eigenvalue weighted by Crippen LogP contribution is 2.15. The van der Waals surface area contributed by atoms with E-state index in [1.54, 1.807) is 43.3 Å². The lowest BCUT2D eigenvalue weighted by Crippen LogP contribution is -2.48. The average molecular weight is 526 g/mol. The van der Waals surface area contributed by atoms with Crippen LogP contribution in [0.4, 0.5) is 9.18 Å². The van der Waals surface area contributed by atoms with E-state index in [0.717, 1.165) is 6.42 Å². The van der Waals surface area contributed by atoms with Gasteiger partial charge in [0.1, 0.15) is 24.5 Å². The van der Waals surface area contributed by atoms with Crippen molar-refractivity contribution in [3.05, 3.63) is 82.0 Å². The number of benzene rings is 2. The number of carbonyl (C=O) groups is 3. The van der Waals surface area contributed by atoms with E-state index in [4.69, 9.17) is 9.15 Å². The maximum absolute atomic E-state index is 13.5. The molecule has 0 aliphatic heterocycles. The number of urea groups is 1. The van der Waals surface area contributed by atoms with Crippen molar-refractivity contribution in [2.75, 3.05) is 26.2 Å². The molecular formula is C28H32FN3O6. The molecule has 1 aromatic heterocycles. The van der Waals surface area contributed by atoms with Crippen LogP contribution in [0.15, 0.2) is 64.0 Å². The maximum atomic E-state index is 13.5. The van der Waals surface area contributed by atoms with Crippen molar-refractivity contribution in [3.8, 4) is 0 Å². The number of fused-ring (bicyclic) bond motifs is 1. The fourth-order valence-electron chi connectivity index (χ4n) is 3.81. The van der Waals surface area contributed by atoms with Crippen LogP contribution < -0.4 is 10.7 Å². The standard InChI is InChI=1S/C28H32FN3O6/c1-3-5-14-31(28(36)30-15-26(34)37-4-2)18-25(33)32(16-20-10-12-22(29)13-11-20)17-21-19-38-24-9-7-6-8-23(24)27(21)35/h6-13,19H,3-5,14-18H2,1-2H3,(H,30,36). The Labute approximate surface area is 220 Å². The van der Waals surface area contributed by atoms with E-state index in [9.17, 15) is 23.6 Å². The van der Waals surface area contributed by atoms with Crippen molar-refractivity contribution < 1.29 is 27.9 Å². The van der Waals surface area contributed by atoms with Gasteiger partial charge >= 0.3 is 12.0 Å². The van der Waals surface area contributed by atoms with E-state index in [1.807, 2.05) is 6.92 Å². The summed E-state index contributed by atoms with van der Waals surface area (Å²) in [6.07, 6.45) is 2.76. The minimum absolute atomic E-state index is 0.0740. The molecule has 10 heteroatoms. The van der Waals surface area contributed by atoms with Crippen molar-refractivity contribution in [1.29, 1.82) is 0 Å². The van der Waals surface area contributed by atoms with Gasteiger partial charge in [0.2, 0.25) is 5.91 Å². The molecule has 202 valence electrons. The smallest absolute Gasteiger partial charge is 0.325 e. The zero-order valence-electron chi connectivity index (χ0n) is 21.6. The van der Waals surface area contributed by atoms with Crippen molar-refractivity contribution in [2.45, 2.75) is 39.8 Å². The molecule has 0 saturated heterocycles. The fraction of sp³-hybridized carbons (Fsp3) is 0.357. The molecule has 1 heterocycles. The van der Waals surface area contributed by atoms with Crippen molar-refractivity contribution >= 4 is 28.9 Å². The largest absolute Gasteiger partial charge is 0.465 e.